The normalized spacial score (nSPS) is 12.6. The Labute approximate surface area is 184 Å². The van der Waals surface area contributed by atoms with Crippen molar-refractivity contribution in [1.82, 2.24) is 14.9 Å². The average molecular weight is 412 g/mol. The lowest BCUT2D eigenvalue weighted by Crippen LogP contribution is -2.37. The van der Waals surface area contributed by atoms with Gasteiger partial charge in [-0.05, 0) is 23.1 Å². The predicted molar refractivity (Wildman–Crippen MR) is 125 cm³/mol. The van der Waals surface area contributed by atoms with Gasteiger partial charge in [0.2, 0.25) is 0 Å². The van der Waals surface area contributed by atoms with Crippen molar-refractivity contribution in [1.29, 1.82) is 0 Å². The number of imidazole rings is 1. The standard InChI is InChI=1S/C27H29N3O/c1-2-26(31)19-28-18-25-20-30(21-29-25)27(22-12-6-3-7-13-22,23-14-8-4-9-15-23)24-16-10-5-11-17-24/h3-17,20-21,26,28,31H,2,18-19H2,1H3. The second-order valence-corrected chi connectivity index (χ2v) is 7.77. The number of benzene rings is 3. The molecular formula is C27H29N3O. The zero-order chi connectivity index (χ0) is 21.5. The fourth-order valence-corrected chi connectivity index (χ4v) is 4.13. The van der Waals surface area contributed by atoms with E-state index in [0.717, 1.165) is 12.1 Å². The molecule has 0 fully saturated rings. The molecule has 1 aromatic heterocycles. The Bertz CT molecular complexity index is 965. The first kappa shape index (κ1) is 21.0. The summed E-state index contributed by atoms with van der Waals surface area (Å²) in [5, 5.41) is 13.1. The molecule has 4 nitrogen and oxygen atoms in total. The number of hydrogen-bond donors (Lipinski definition) is 2. The molecule has 31 heavy (non-hydrogen) atoms. The molecule has 0 radical (unpaired) electrons. The van der Waals surface area contributed by atoms with Crippen molar-refractivity contribution in [2.24, 2.45) is 0 Å². The van der Waals surface area contributed by atoms with Crippen LogP contribution in [0.2, 0.25) is 0 Å². The van der Waals surface area contributed by atoms with E-state index in [2.05, 4.69) is 88.9 Å². The van der Waals surface area contributed by atoms with Crippen LogP contribution in [-0.4, -0.2) is 27.3 Å². The summed E-state index contributed by atoms with van der Waals surface area (Å²) in [6.07, 6.45) is 4.43. The molecular weight excluding hydrogens is 382 g/mol. The van der Waals surface area contributed by atoms with Crippen LogP contribution >= 0.6 is 0 Å². The van der Waals surface area contributed by atoms with Crippen LogP contribution < -0.4 is 5.32 Å². The molecule has 4 rings (SSSR count). The summed E-state index contributed by atoms with van der Waals surface area (Å²) in [6.45, 7) is 3.15. The minimum Gasteiger partial charge on any atom is -0.392 e. The van der Waals surface area contributed by atoms with Crippen molar-refractivity contribution in [2.75, 3.05) is 6.54 Å². The second kappa shape index (κ2) is 9.73. The van der Waals surface area contributed by atoms with Gasteiger partial charge < -0.3 is 15.0 Å². The van der Waals surface area contributed by atoms with Crippen LogP contribution in [0.5, 0.6) is 0 Å². The van der Waals surface area contributed by atoms with Crippen molar-refractivity contribution in [2.45, 2.75) is 31.5 Å². The lowest BCUT2D eigenvalue weighted by molar-refractivity contribution is 0.167. The number of nitrogens with zero attached hydrogens (tertiary/aromatic N) is 2. The molecule has 0 saturated carbocycles. The molecule has 4 aromatic rings. The number of rotatable bonds is 9. The summed E-state index contributed by atoms with van der Waals surface area (Å²) in [6, 6.07) is 31.7. The van der Waals surface area contributed by atoms with E-state index < -0.39 is 5.54 Å². The Hall–Kier alpha value is -3.21. The van der Waals surface area contributed by atoms with Crippen LogP contribution in [0.25, 0.3) is 0 Å². The third kappa shape index (κ3) is 4.31. The summed E-state index contributed by atoms with van der Waals surface area (Å²) in [4.78, 5) is 4.70. The van der Waals surface area contributed by atoms with Gasteiger partial charge in [-0.3, -0.25) is 0 Å². The molecule has 0 spiro atoms. The summed E-state index contributed by atoms with van der Waals surface area (Å²) in [7, 11) is 0. The number of aromatic nitrogens is 2. The van der Waals surface area contributed by atoms with Gasteiger partial charge in [0, 0.05) is 19.3 Å². The highest BCUT2D eigenvalue weighted by molar-refractivity contribution is 5.50. The molecule has 0 aliphatic rings. The Morgan fingerprint density at radius 2 is 1.32 bits per heavy atom. The van der Waals surface area contributed by atoms with Gasteiger partial charge in [0.15, 0.2) is 0 Å². The van der Waals surface area contributed by atoms with E-state index in [1.165, 1.54) is 16.7 Å². The first-order chi connectivity index (χ1) is 15.2. The summed E-state index contributed by atoms with van der Waals surface area (Å²) in [5.74, 6) is 0. The Kier molecular flexibility index (Phi) is 6.60. The van der Waals surface area contributed by atoms with Crippen LogP contribution in [0.15, 0.2) is 104 Å². The van der Waals surface area contributed by atoms with E-state index in [9.17, 15) is 5.11 Å². The zero-order valence-electron chi connectivity index (χ0n) is 17.9. The molecule has 1 unspecified atom stereocenters. The van der Waals surface area contributed by atoms with Crippen molar-refractivity contribution in [3.63, 3.8) is 0 Å². The van der Waals surface area contributed by atoms with Crippen molar-refractivity contribution < 1.29 is 5.11 Å². The molecule has 158 valence electrons. The number of aliphatic hydroxyl groups excluding tert-OH is 1. The maximum atomic E-state index is 9.83. The third-order valence-corrected chi connectivity index (χ3v) is 5.76. The van der Waals surface area contributed by atoms with Gasteiger partial charge in [0.1, 0.15) is 5.54 Å². The van der Waals surface area contributed by atoms with E-state index in [-0.39, 0.29) is 6.10 Å². The number of aliphatic hydroxyl groups is 1. The minimum absolute atomic E-state index is 0.334. The van der Waals surface area contributed by atoms with Gasteiger partial charge >= 0.3 is 0 Å². The molecule has 1 atom stereocenters. The Morgan fingerprint density at radius 1 is 0.839 bits per heavy atom. The largest absolute Gasteiger partial charge is 0.392 e. The fourth-order valence-electron chi connectivity index (χ4n) is 4.13. The van der Waals surface area contributed by atoms with E-state index in [1.54, 1.807) is 0 Å². The van der Waals surface area contributed by atoms with Crippen molar-refractivity contribution >= 4 is 0 Å². The summed E-state index contributed by atoms with van der Waals surface area (Å²) < 4.78 is 2.21. The predicted octanol–water partition coefficient (Wildman–Crippen LogP) is 4.58. The SMILES string of the molecule is CCC(O)CNCc1cn(C(c2ccccc2)(c2ccccc2)c2ccccc2)cn1. The minimum atomic E-state index is -0.544. The fraction of sp³-hybridized carbons (Fsp3) is 0.222. The molecule has 0 bridgehead atoms. The molecule has 1 heterocycles. The van der Waals surface area contributed by atoms with Crippen LogP contribution in [0.4, 0.5) is 0 Å². The molecule has 0 aliphatic carbocycles. The Morgan fingerprint density at radius 3 is 1.77 bits per heavy atom. The van der Waals surface area contributed by atoms with Crippen molar-refractivity contribution in [3.05, 3.63) is 126 Å². The van der Waals surface area contributed by atoms with Gasteiger partial charge in [-0.15, -0.1) is 0 Å². The lowest BCUT2D eigenvalue weighted by Gasteiger charge is -2.37. The third-order valence-electron chi connectivity index (χ3n) is 5.76. The first-order valence-corrected chi connectivity index (χ1v) is 10.8. The molecule has 0 saturated heterocycles. The van der Waals surface area contributed by atoms with Crippen molar-refractivity contribution in [3.8, 4) is 0 Å². The van der Waals surface area contributed by atoms with Crippen LogP contribution in [0.3, 0.4) is 0 Å². The van der Waals surface area contributed by atoms with Gasteiger partial charge in [0.05, 0.1) is 18.1 Å². The number of hydrogen-bond acceptors (Lipinski definition) is 3. The summed E-state index contributed by atoms with van der Waals surface area (Å²) in [5.41, 5.74) is 3.91. The molecule has 0 amide bonds. The highest BCUT2D eigenvalue weighted by Crippen LogP contribution is 2.40. The second-order valence-electron chi connectivity index (χ2n) is 7.77. The monoisotopic (exact) mass is 411 g/mol. The average Bonchev–Trinajstić information content (AvgIpc) is 3.30. The lowest BCUT2D eigenvalue weighted by atomic mass is 9.77. The van der Waals surface area contributed by atoms with Crippen LogP contribution in [0, 0.1) is 0 Å². The van der Waals surface area contributed by atoms with Gasteiger partial charge in [0.25, 0.3) is 0 Å². The molecule has 2 N–H and O–H groups in total. The topological polar surface area (TPSA) is 50.1 Å². The van der Waals surface area contributed by atoms with E-state index in [4.69, 9.17) is 4.98 Å². The highest BCUT2D eigenvalue weighted by atomic mass is 16.3. The molecule has 0 aliphatic heterocycles. The van der Waals surface area contributed by atoms with E-state index in [0.29, 0.717) is 13.1 Å². The quantitative estimate of drug-likeness (QED) is 0.396. The number of nitrogens with one attached hydrogen (secondary N) is 1. The highest BCUT2D eigenvalue weighted by Gasteiger charge is 2.38. The smallest absolute Gasteiger partial charge is 0.121 e. The maximum Gasteiger partial charge on any atom is 0.121 e. The zero-order valence-corrected chi connectivity index (χ0v) is 17.9. The Balaban J connectivity index is 1.84. The van der Waals surface area contributed by atoms with E-state index in [1.807, 2.05) is 31.5 Å². The van der Waals surface area contributed by atoms with Gasteiger partial charge in [-0.1, -0.05) is 97.9 Å². The van der Waals surface area contributed by atoms with Crippen LogP contribution in [-0.2, 0) is 12.1 Å². The summed E-state index contributed by atoms with van der Waals surface area (Å²) >= 11 is 0. The molecule has 4 heteroatoms. The first-order valence-electron chi connectivity index (χ1n) is 10.8. The van der Waals surface area contributed by atoms with E-state index >= 15 is 0 Å². The van der Waals surface area contributed by atoms with Gasteiger partial charge in [-0.2, -0.15) is 0 Å². The van der Waals surface area contributed by atoms with Gasteiger partial charge in [-0.25, -0.2) is 4.98 Å². The maximum absolute atomic E-state index is 9.83. The van der Waals surface area contributed by atoms with Crippen LogP contribution in [0.1, 0.15) is 35.7 Å². The molecule has 3 aromatic carbocycles.